The number of rotatable bonds is 6. The smallest absolute Gasteiger partial charge is 0.251 e. The third-order valence-electron chi connectivity index (χ3n) is 5.25. The van der Waals surface area contributed by atoms with Gasteiger partial charge in [0.15, 0.2) is 0 Å². The summed E-state index contributed by atoms with van der Waals surface area (Å²) in [5.41, 5.74) is 3.66. The molecule has 0 spiro atoms. The second-order valence-electron chi connectivity index (χ2n) is 7.21. The van der Waals surface area contributed by atoms with Crippen molar-refractivity contribution in [1.82, 2.24) is 10.3 Å². The second-order valence-corrected chi connectivity index (χ2v) is 7.21. The Bertz CT molecular complexity index is 962. The van der Waals surface area contributed by atoms with Crippen molar-refractivity contribution in [2.75, 3.05) is 25.1 Å². The highest BCUT2D eigenvalue weighted by atomic mass is 16.5. The number of nitrogens with one attached hydrogen (secondary N) is 1. The van der Waals surface area contributed by atoms with Gasteiger partial charge in [-0.05, 0) is 60.4 Å². The number of anilines is 1. The zero-order valence-electron chi connectivity index (χ0n) is 16.6. The summed E-state index contributed by atoms with van der Waals surface area (Å²) in [5, 5.41) is 2.98. The van der Waals surface area contributed by atoms with Crippen molar-refractivity contribution < 1.29 is 9.53 Å². The normalized spacial score (nSPS) is 13.3. The molecule has 1 N–H and O–H groups in total. The fourth-order valence-electron chi connectivity index (χ4n) is 3.56. The lowest BCUT2D eigenvalue weighted by molar-refractivity contribution is 0.0951. The maximum atomic E-state index is 12.6. The molecule has 0 unspecified atom stereocenters. The molecule has 3 aromatic rings. The quantitative estimate of drug-likeness (QED) is 0.686. The molecule has 1 aliphatic rings. The molecule has 5 nitrogen and oxygen atoms in total. The number of ether oxygens (including phenoxy) is 1. The lowest BCUT2D eigenvalue weighted by atomic mass is 10.0. The summed E-state index contributed by atoms with van der Waals surface area (Å²) >= 11 is 0. The van der Waals surface area contributed by atoms with Crippen LogP contribution in [0, 0.1) is 0 Å². The van der Waals surface area contributed by atoms with Crippen LogP contribution in [0.15, 0.2) is 66.9 Å². The zero-order valence-corrected chi connectivity index (χ0v) is 16.6. The summed E-state index contributed by atoms with van der Waals surface area (Å²) in [4.78, 5) is 19.5. The number of methoxy groups -OCH3 is 1. The minimum absolute atomic E-state index is 0.0932. The van der Waals surface area contributed by atoms with Crippen molar-refractivity contribution in [2.45, 2.75) is 19.4 Å². The van der Waals surface area contributed by atoms with Crippen LogP contribution in [0.2, 0.25) is 0 Å². The number of benzene rings is 2. The average Bonchev–Trinajstić information content (AvgIpc) is 3.33. The molecule has 1 amide bonds. The lowest BCUT2D eigenvalue weighted by Gasteiger charge is -2.16. The van der Waals surface area contributed by atoms with E-state index in [2.05, 4.69) is 27.3 Å². The van der Waals surface area contributed by atoms with Gasteiger partial charge in [-0.3, -0.25) is 4.79 Å². The van der Waals surface area contributed by atoms with E-state index < -0.39 is 0 Å². The maximum Gasteiger partial charge on any atom is 0.251 e. The molecule has 1 saturated heterocycles. The number of hydrogen-bond acceptors (Lipinski definition) is 4. The monoisotopic (exact) mass is 387 g/mol. The molecule has 0 aliphatic carbocycles. The minimum atomic E-state index is -0.0932. The molecule has 0 bridgehead atoms. The van der Waals surface area contributed by atoms with Crippen LogP contribution in [0.25, 0.3) is 11.1 Å². The van der Waals surface area contributed by atoms with Gasteiger partial charge in [0.05, 0.1) is 7.11 Å². The van der Waals surface area contributed by atoms with Crippen LogP contribution in [0.3, 0.4) is 0 Å². The highest BCUT2D eigenvalue weighted by molar-refractivity contribution is 5.95. The van der Waals surface area contributed by atoms with Crippen molar-refractivity contribution in [3.8, 4) is 16.9 Å². The highest BCUT2D eigenvalue weighted by Gasteiger charge is 2.13. The Morgan fingerprint density at radius 1 is 1.03 bits per heavy atom. The van der Waals surface area contributed by atoms with Crippen LogP contribution < -0.4 is 15.0 Å². The fourth-order valence-corrected chi connectivity index (χ4v) is 3.56. The molecule has 5 heteroatoms. The van der Waals surface area contributed by atoms with E-state index in [4.69, 9.17) is 4.74 Å². The summed E-state index contributed by atoms with van der Waals surface area (Å²) < 4.78 is 5.16. The maximum absolute atomic E-state index is 12.6. The van der Waals surface area contributed by atoms with Crippen LogP contribution in [0.4, 0.5) is 5.82 Å². The van der Waals surface area contributed by atoms with Gasteiger partial charge in [-0.2, -0.15) is 0 Å². The van der Waals surface area contributed by atoms with Crippen LogP contribution in [-0.4, -0.2) is 31.1 Å². The summed E-state index contributed by atoms with van der Waals surface area (Å²) in [5.74, 6) is 1.74. The van der Waals surface area contributed by atoms with Crippen molar-refractivity contribution in [1.29, 1.82) is 0 Å². The minimum Gasteiger partial charge on any atom is -0.497 e. The SMILES string of the molecule is COc1ccc(CNC(=O)c2cccc(-c3ccc(N4CCCC4)nc3)c2)cc1. The van der Waals surface area contributed by atoms with Crippen molar-refractivity contribution in [3.05, 3.63) is 78.0 Å². The van der Waals surface area contributed by atoms with E-state index in [0.29, 0.717) is 12.1 Å². The van der Waals surface area contributed by atoms with Gasteiger partial charge in [0.1, 0.15) is 11.6 Å². The molecule has 0 saturated carbocycles. The third-order valence-corrected chi connectivity index (χ3v) is 5.25. The molecule has 1 aromatic heterocycles. The molecule has 0 atom stereocenters. The Balaban J connectivity index is 1.42. The molecule has 29 heavy (non-hydrogen) atoms. The number of nitrogens with zero attached hydrogens (tertiary/aromatic N) is 2. The molecular weight excluding hydrogens is 362 g/mol. The lowest BCUT2D eigenvalue weighted by Crippen LogP contribution is -2.22. The van der Waals surface area contributed by atoms with Crippen LogP contribution in [0.1, 0.15) is 28.8 Å². The molecule has 1 fully saturated rings. The first-order valence-electron chi connectivity index (χ1n) is 9.95. The highest BCUT2D eigenvalue weighted by Crippen LogP contribution is 2.24. The molecular formula is C24H25N3O2. The standard InChI is InChI=1S/C24H25N3O2/c1-29-22-10-7-18(8-11-22)16-26-24(28)20-6-4-5-19(15-20)21-9-12-23(25-17-21)27-13-2-3-14-27/h4-12,15,17H,2-3,13-14,16H2,1H3,(H,26,28). The van der Waals surface area contributed by atoms with E-state index in [-0.39, 0.29) is 5.91 Å². The zero-order chi connectivity index (χ0) is 20.1. The van der Waals surface area contributed by atoms with Gasteiger partial charge in [0, 0.05) is 37.0 Å². The van der Waals surface area contributed by atoms with Crippen LogP contribution in [0.5, 0.6) is 5.75 Å². The molecule has 1 aliphatic heterocycles. The Kier molecular flexibility index (Phi) is 5.75. The number of pyridine rings is 1. The first-order chi connectivity index (χ1) is 14.2. The molecule has 2 aromatic carbocycles. The number of carbonyl (C=O) groups is 1. The largest absolute Gasteiger partial charge is 0.497 e. The topological polar surface area (TPSA) is 54.5 Å². The van der Waals surface area contributed by atoms with Gasteiger partial charge in [0.2, 0.25) is 0 Å². The Morgan fingerprint density at radius 3 is 2.52 bits per heavy atom. The molecule has 0 radical (unpaired) electrons. The Hall–Kier alpha value is -3.34. The van der Waals surface area contributed by atoms with Gasteiger partial charge in [-0.15, -0.1) is 0 Å². The summed E-state index contributed by atoms with van der Waals surface area (Å²) in [6, 6.07) is 19.5. The van der Waals surface area contributed by atoms with E-state index in [1.807, 2.05) is 54.7 Å². The van der Waals surface area contributed by atoms with E-state index in [1.165, 1.54) is 12.8 Å². The summed E-state index contributed by atoms with van der Waals surface area (Å²) in [6.07, 6.45) is 4.36. The van der Waals surface area contributed by atoms with E-state index >= 15 is 0 Å². The number of hydrogen-bond donors (Lipinski definition) is 1. The first kappa shape index (κ1) is 19.0. The van der Waals surface area contributed by atoms with Crippen molar-refractivity contribution in [2.24, 2.45) is 0 Å². The average molecular weight is 387 g/mol. The second kappa shape index (κ2) is 8.78. The summed E-state index contributed by atoms with van der Waals surface area (Å²) in [7, 11) is 1.64. The van der Waals surface area contributed by atoms with Crippen molar-refractivity contribution in [3.63, 3.8) is 0 Å². The van der Waals surface area contributed by atoms with Crippen molar-refractivity contribution >= 4 is 11.7 Å². The van der Waals surface area contributed by atoms with E-state index in [1.54, 1.807) is 7.11 Å². The Morgan fingerprint density at radius 2 is 1.83 bits per heavy atom. The van der Waals surface area contributed by atoms with E-state index in [9.17, 15) is 4.79 Å². The number of carbonyl (C=O) groups excluding carboxylic acids is 1. The molecule has 2 heterocycles. The van der Waals surface area contributed by atoms with Gasteiger partial charge in [0.25, 0.3) is 5.91 Å². The number of amides is 1. The predicted octanol–water partition coefficient (Wildman–Crippen LogP) is 4.29. The predicted molar refractivity (Wildman–Crippen MR) is 115 cm³/mol. The third kappa shape index (κ3) is 4.57. The molecule has 4 rings (SSSR count). The Labute approximate surface area is 171 Å². The van der Waals surface area contributed by atoms with E-state index in [0.717, 1.165) is 41.3 Å². The van der Waals surface area contributed by atoms with Gasteiger partial charge < -0.3 is 15.0 Å². The summed E-state index contributed by atoms with van der Waals surface area (Å²) in [6.45, 7) is 2.63. The first-order valence-corrected chi connectivity index (χ1v) is 9.95. The van der Waals surface area contributed by atoms with Gasteiger partial charge >= 0.3 is 0 Å². The fraction of sp³-hybridized carbons (Fsp3) is 0.250. The number of aromatic nitrogens is 1. The van der Waals surface area contributed by atoms with Crippen LogP contribution >= 0.6 is 0 Å². The van der Waals surface area contributed by atoms with Gasteiger partial charge in [-0.1, -0.05) is 24.3 Å². The van der Waals surface area contributed by atoms with Crippen LogP contribution in [-0.2, 0) is 6.54 Å². The molecule has 148 valence electrons. The van der Waals surface area contributed by atoms with Gasteiger partial charge in [-0.25, -0.2) is 4.98 Å².